The molecule has 1 aromatic rings. The van der Waals surface area contributed by atoms with Crippen LogP contribution in [0.1, 0.15) is 12.6 Å². The summed E-state index contributed by atoms with van der Waals surface area (Å²) < 4.78 is 2.93. The van der Waals surface area contributed by atoms with Crippen LogP contribution >= 0.6 is 28.3 Å². The number of aryl methyl sites for hydroxylation is 1. The largest absolute Gasteiger partial charge is 0.329 e. The van der Waals surface area contributed by atoms with E-state index in [1.54, 1.807) is 0 Å². The monoisotopic (exact) mass is 296 g/mol. The fourth-order valence-corrected chi connectivity index (χ4v) is 1.66. The molecule has 0 spiro atoms. The van der Waals surface area contributed by atoms with Crippen molar-refractivity contribution >= 4 is 28.3 Å². The highest BCUT2D eigenvalue weighted by molar-refractivity contribution is 9.10. The molecule has 0 aromatic carbocycles. The first kappa shape index (κ1) is 14.9. The number of rotatable bonds is 4. The maximum atomic E-state index is 5.60. The van der Waals surface area contributed by atoms with Gasteiger partial charge in [-0.25, -0.2) is 0 Å². The molecule has 0 saturated heterocycles. The minimum absolute atomic E-state index is 0. The molecule has 1 aromatic heterocycles. The molecule has 15 heavy (non-hydrogen) atoms. The van der Waals surface area contributed by atoms with Crippen LogP contribution in [0.4, 0.5) is 0 Å². The van der Waals surface area contributed by atoms with Gasteiger partial charge >= 0.3 is 0 Å². The lowest BCUT2D eigenvalue weighted by molar-refractivity contribution is 0.248. The Bertz CT molecular complexity index is 283. The smallest absolute Gasteiger partial charge is 0.0663 e. The van der Waals surface area contributed by atoms with Crippen molar-refractivity contribution in [1.29, 1.82) is 0 Å². The maximum absolute atomic E-state index is 5.60. The third kappa shape index (κ3) is 3.75. The lowest BCUT2D eigenvalue weighted by Crippen LogP contribution is -2.35. The van der Waals surface area contributed by atoms with Gasteiger partial charge < -0.3 is 5.73 Å². The Morgan fingerprint density at radius 3 is 2.67 bits per heavy atom. The number of aromatic nitrogens is 2. The first-order chi connectivity index (χ1) is 6.56. The molecule has 0 bridgehead atoms. The molecule has 1 atom stereocenters. The zero-order valence-electron chi connectivity index (χ0n) is 9.27. The van der Waals surface area contributed by atoms with Crippen molar-refractivity contribution in [3.05, 3.63) is 16.4 Å². The molecular weight excluding hydrogens is 279 g/mol. The van der Waals surface area contributed by atoms with E-state index in [4.69, 9.17) is 5.73 Å². The molecule has 88 valence electrons. The summed E-state index contributed by atoms with van der Waals surface area (Å²) >= 11 is 3.48. The van der Waals surface area contributed by atoms with Crippen molar-refractivity contribution in [2.45, 2.75) is 19.5 Å². The molecule has 0 radical (unpaired) electrons. The number of likely N-dealkylation sites (N-methyl/N-ethyl adjacent to an activating group) is 1. The van der Waals surface area contributed by atoms with E-state index in [9.17, 15) is 0 Å². The number of hydrogen-bond donors (Lipinski definition) is 1. The van der Waals surface area contributed by atoms with E-state index in [0.717, 1.165) is 11.0 Å². The van der Waals surface area contributed by atoms with Crippen LogP contribution in [0.25, 0.3) is 0 Å². The van der Waals surface area contributed by atoms with Gasteiger partial charge in [-0.3, -0.25) is 9.58 Å². The van der Waals surface area contributed by atoms with Crippen LogP contribution < -0.4 is 5.73 Å². The van der Waals surface area contributed by atoms with Crippen molar-refractivity contribution in [3.63, 3.8) is 0 Å². The van der Waals surface area contributed by atoms with Crippen LogP contribution in [0.15, 0.2) is 10.7 Å². The standard InChI is InChI=1S/C9H17BrN4.ClH/c1-7(4-11)13(2)6-9-8(10)5-12-14(9)3;/h5,7H,4,6,11H2,1-3H3;1H. The molecule has 4 nitrogen and oxygen atoms in total. The number of halogens is 2. The molecule has 2 N–H and O–H groups in total. The minimum atomic E-state index is 0. The molecule has 0 fully saturated rings. The van der Waals surface area contributed by atoms with Crippen molar-refractivity contribution in [2.75, 3.05) is 13.6 Å². The van der Waals surface area contributed by atoms with Gasteiger partial charge in [-0.05, 0) is 29.9 Å². The Kier molecular flexibility index (Phi) is 6.43. The first-order valence-electron chi connectivity index (χ1n) is 4.63. The quantitative estimate of drug-likeness (QED) is 0.913. The first-order valence-corrected chi connectivity index (χ1v) is 5.42. The molecule has 0 aliphatic heterocycles. The SMILES string of the molecule is CC(CN)N(C)Cc1c(Br)cnn1C.Cl. The fraction of sp³-hybridized carbons (Fsp3) is 0.667. The Balaban J connectivity index is 0.00000196. The van der Waals surface area contributed by atoms with Crippen LogP contribution in [-0.2, 0) is 13.6 Å². The van der Waals surface area contributed by atoms with Gasteiger partial charge in [0.2, 0.25) is 0 Å². The second-order valence-electron chi connectivity index (χ2n) is 3.56. The molecule has 0 amide bonds. The second kappa shape index (κ2) is 6.48. The van der Waals surface area contributed by atoms with Crippen molar-refractivity contribution in [2.24, 2.45) is 12.8 Å². The molecule has 6 heteroatoms. The van der Waals surface area contributed by atoms with Crippen LogP contribution in [0.3, 0.4) is 0 Å². The predicted molar refractivity (Wildman–Crippen MR) is 68.1 cm³/mol. The normalized spacial score (nSPS) is 12.7. The molecule has 1 rings (SSSR count). The molecule has 1 heterocycles. The Morgan fingerprint density at radius 1 is 1.67 bits per heavy atom. The van der Waals surface area contributed by atoms with Gasteiger partial charge in [0.05, 0.1) is 16.4 Å². The van der Waals surface area contributed by atoms with Crippen LogP contribution in [-0.4, -0.2) is 34.3 Å². The number of nitrogens with two attached hydrogens (primary N) is 1. The summed E-state index contributed by atoms with van der Waals surface area (Å²) in [4.78, 5) is 2.21. The highest BCUT2D eigenvalue weighted by Gasteiger charge is 2.12. The lowest BCUT2D eigenvalue weighted by Gasteiger charge is -2.23. The summed E-state index contributed by atoms with van der Waals surface area (Å²) in [5, 5.41) is 4.17. The van der Waals surface area contributed by atoms with Gasteiger partial charge in [0.1, 0.15) is 0 Å². The van der Waals surface area contributed by atoms with Gasteiger partial charge in [-0.2, -0.15) is 5.10 Å². The molecular formula is C9H18BrClN4. The number of nitrogens with zero attached hydrogens (tertiary/aromatic N) is 3. The minimum Gasteiger partial charge on any atom is -0.329 e. The topological polar surface area (TPSA) is 47.1 Å². The van der Waals surface area contributed by atoms with E-state index in [1.165, 1.54) is 5.69 Å². The summed E-state index contributed by atoms with van der Waals surface area (Å²) in [5.74, 6) is 0. The highest BCUT2D eigenvalue weighted by Crippen LogP contribution is 2.17. The Hall–Kier alpha value is -0.100. The predicted octanol–water partition coefficient (Wildman–Crippen LogP) is 1.38. The van der Waals surface area contributed by atoms with Gasteiger partial charge in [0.25, 0.3) is 0 Å². The van der Waals surface area contributed by atoms with E-state index >= 15 is 0 Å². The van der Waals surface area contributed by atoms with Gasteiger partial charge in [0, 0.05) is 26.2 Å². The highest BCUT2D eigenvalue weighted by atomic mass is 79.9. The van der Waals surface area contributed by atoms with Gasteiger partial charge in [0.15, 0.2) is 0 Å². The third-order valence-electron chi connectivity index (χ3n) is 2.50. The molecule has 0 aliphatic carbocycles. The number of hydrogen-bond acceptors (Lipinski definition) is 3. The van der Waals surface area contributed by atoms with E-state index in [0.29, 0.717) is 12.6 Å². The van der Waals surface area contributed by atoms with E-state index in [1.807, 2.05) is 17.9 Å². The van der Waals surface area contributed by atoms with Crippen molar-refractivity contribution in [1.82, 2.24) is 14.7 Å². The van der Waals surface area contributed by atoms with E-state index in [-0.39, 0.29) is 12.4 Å². The molecule has 1 unspecified atom stereocenters. The summed E-state index contributed by atoms with van der Waals surface area (Å²) in [7, 11) is 4.01. The lowest BCUT2D eigenvalue weighted by atomic mass is 10.3. The van der Waals surface area contributed by atoms with Crippen molar-refractivity contribution in [3.8, 4) is 0 Å². The van der Waals surface area contributed by atoms with Crippen LogP contribution in [0.5, 0.6) is 0 Å². The third-order valence-corrected chi connectivity index (χ3v) is 3.17. The fourth-order valence-electron chi connectivity index (χ4n) is 1.19. The summed E-state index contributed by atoms with van der Waals surface area (Å²) in [6, 6.07) is 0.386. The second-order valence-corrected chi connectivity index (χ2v) is 4.42. The molecule has 0 aliphatic rings. The van der Waals surface area contributed by atoms with Gasteiger partial charge in [-0.1, -0.05) is 0 Å². The van der Waals surface area contributed by atoms with E-state index < -0.39 is 0 Å². The van der Waals surface area contributed by atoms with Gasteiger partial charge in [-0.15, -0.1) is 12.4 Å². The summed E-state index contributed by atoms with van der Waals surface area (Å²) in [5.41, 5.74) is 6.78. The average Bonchev–Trinajstić information content (AvgIpc) is 2.48. The zero-order valence-corrected chi connectivity index (χ0v) is 11.7. The Morgan fingerprint density at radius 2 is 2.27 bits per heavy atom. The average molecular weight is 298 g/mol. The summed E-state index contributed by atoms with van der Waals surface area (Å²) in [6.45, 7) is 3.64. The van der Waals surface area contributed by atoms with Crippen molar-refractivity contribution < 1.29 is 0 Å². The molecule has 0 saturated carbocycles. The Labute approximate surface area is 105 Å². The van der Waals surface area contributed by atoms with E-state index in [2.05, 4.69) is 39.9 Å². The van der Waals surface area contributed by atoms with Crippen LogP contribution in [0, 0.1) is 0 Å². The maximum Gasteiger partial charge on any atom is 0.0663 e. The summed E-state index contributed by atoms with van der Waals surface area (Å²) in [6.07, 6.45) is 1.82. The van der Waals surface area contributed by atoms with Crippen LogP contribution in [0.2, 0.25) is 0 Å². The zero-order chi connectivity index (χ0) is 10.7.